The van der Waals surface area contributed by atoms with Crippen LogP contribution in [0.15, 0.2) is 212 Å². The number of para-hydroxylation sites is 2. The lowest BCUT2D eigenvalue weighted by Crippen LogP contribution is -2.25. The fraction of sp³-hybridized carbons (Fsp3) is 0.0923. The molecule has 4 heterocycles. The number of hydrogen-bond acceptors (Lipinski definition) is 5. The summed E-state index contributed by atoms with van der Waals surface area (Å²) in [6.45, 7) is 9.58. The zero-order valence-electron chi connectivity index (χ0n) is 40.4. The van der Waals surface area contributed by atoms with Crippen LogP contribution in [-0.2, 0) is 5.41 Å². The highest BCUT2D eigenvalue weighted by Gasteiger charge is 2.33. The Bertz CT molecular complexity index is 4000. The molecule has 0 bridgehead atoms. The third kappa shape index (κ3) is 7.39. The van der Waals surface area contributed by atoms with Crippen LogP contribution in [-0.4, -0.2) is 16.2 Å². The first-order chi connectivity index (χ1) is 35.1. The number of nitrogens with zero attached hydrogens (tertiary/aromatic N) is 4. The van der Waals surface area contributed by atoms with Gasteiger partial charge in [-0.1, -0.05) is 136 Å². The van der Waals surface area contributed by atoms with E-state index in [-0.39, 0.29) is 11.2 Å². The summed E-state index contributed by atoms with van der Waals surface area (Å²) >= 11 is 1.83. The molecule has 72 heavy (non-hydrogen) atoms. The Morgan fingerprint density at radius 2 is 1.18 bits per heavy atom. The molecule has 0 unspecified atom stereocenters. The molecule has 0 spiro atoms. The topological polar surface area (TPSA) is 33.5 Å². The molecule has 9 aromatic carbocycles. The summed E-state index contributed by atoms with van der Waals surface area (Å²) in [4.78, 5) is 9.98. The van der Waals surface area contributed by atoms with Crippen molar-refractivity contribution in [1.29, 1.82) is 0 Å². The van der Waals surface area contributed by atoms with Crippen LogP contribution in [0.1, 0.15) is 31.9 Å². The van der Waals surface area contributed by atoms with Gasteiger partial charge in [0.15, 0.2) is 0 Å². The monoisotopic (exact) mass is 952 g/mol. The molecule has 0 saturated heterocycles. The van der Waals surface area contributed by atoms with Gasteiger partial charge in [-0.2, -0.15) is 0 Å². The molecule has 0 amide bonds. The van der Waals surface area contributed by atoms with Crippen molar-refractivity contribution < 1.29 is 9.13 Å². The molecule has 1 aliphatic heterocycles. The first-order valence-electron chi connectivity index (χ1n) is 24.5. The van der Waals surface area contributed by atoms with E-state index < -0.39 is 0 Å². The van der Waals surface area contributed by atoms with Gasteiger partial charge < -0.3 is 14.5 Å². The van der Waals surface area contributed by atoms with Gasteiger partial charge in [-0.15, -0.1) is 11.3 Å². The SMILES string of the molecule is Cc1cc(-n2c3cc(Oc4cccc(N5CN(c6c(-c7ccccc7)cc(C(C)(C)C)cc6-c6ccccc6)c6ccccc65)c4)ccc3c3c4sc5ccccc5c4ccc32)ncc1-c1ccc(F)cc1. The molecule has 7 heteroatoms. The van der Waals surface area contributed by atoms with Gasteiger partial charge in [0, 0.05) is 71.7 Å². The summed E-state index contributed by atoms with van der Waals surface area (Å²) in [7, 11) is 0. The highest BCUT2D eigenvalue weighted by Crippen LogP contribution is 2.52. The Kier molecular flexibility index (Phi) is 10.3. The van der Waals surface area contributed by atoms with Crippen molar-refractivity contribution in [1.82, 2.24) is 9.55 Å². The lowest BCUT2D eigenvalue weighted by molar-refractivity contribution is 0.483. The van der Waals surface area contributed by atoms with E-state index >= 15 is 0 Å². The molecule has 0 saturated carbocycles. The van der Waals surface area contributed by atoms with Gasteiger partial charge in [0.05, 0.1) is 28.1 Å². The number of anilines is 4. The second-order valence-corrected chi connectivity index (χ2v) is 20.9. The summed E-state index contributed by atoms with van der Waals surface area (Å²) in [5.41, 5.74) is 15.4. The van der Waals surface area contributed by atoms with E-state index in [0.717, 1.165) is 67.5 Å². The maximum Gasteiger partial charge on any atom is 0.137 e. The number of halogens is 1. The van der Waals surface area contributed by atoms with Crippen molar-refractivity contribution in [2.24, 2.45) is 0 Å². The zero-order valence-corrected chi connectivity index (χ0v) is 41.2. The molecule has 12 aromatic rings. The number of hydrogen-bond donors (Lipinski definition) is 0. The van der Waals surface area contributed by atoms with Crippen molar-refractivity contribution >= 4 is 76.1 Å². The molecular formula is C65H49FN4OS. The summed E-state index contributed by atoms with van der Waals surface area (Å²) < 4.78 is 25.6. The van der Waals surface area contributed by atoms with Crippen LogP contribution in [0.3, 0.4) is 0 Å². The van der Waals surface area contributed by atoms with E-state index in [1.54, 1.807) is 0 Å². The largest absolute Gasteiger partial charge is 0.457 e. The maximum absolute atomic E-state index is 13.9. The van der Waals surface area contributed by atoms with Gasteiger partial charge in [-0.05, 0) is 119 Å². The number of aromatic nitrogens is 2. The first kappa shape index (κ1) is 43.5. The van der Waals surface area contributed by atoms with E-state index in [0.29, 0.717) is 6.67 Å². The van der Waals surface area contributed by atoms with Gasteiger partial charge in [0.1, 0.15) is 29.8 Å². The van der Waals surface area contributed by atoms with Crippen molar-refractivity contribution in [2.75, 3.05) is 16.5 Å². The predicted octanol–water partition coefficient (Wildman–Crippen LogP) is 18.3. The third-order valence-electron chi connectivity index (χ3n) is 14.3. The molecule has 0 atom stereocenters. The average Bonchev–Trinajstić information content (AvgIpc) is 4.09. The molecule has 0 radical (unpaired) electrons. The quantitative estimate of drug-likeness (QED) is 0.152. The zero-order chi connectivity index (χ0) is 48.7. The van der Waals surface area contributed by atoms with Crippen LogP contribution in [0.25, 0.3) is 81.2 Å². The molecule has 1 aliphatic rings. The highest BCUT2D eigenvalue weighted by atomic mass is 32.1. The minimum absolute atomic E-state index is 0.0679. The fourth-order valence-electron chi connectivity index (χ4n) is 10.7. The number of thiophene rings is 1. The van der Waals surface area contributed by atoms with E-state index in [1.165, 1.54) is 71.2 Å². The van der Waals surface area contributed by atoms with E-state index in [4.69, 9.17) is 9.72 Å². The number of benzene rings is 9. The normalized spacial score (nSPS) is 12.7. The first-order valence-corrected chi connectivity index (χ1v) is 25.3. The molecule has 348 valence electrons. The van der Waals surface area contributed by atoms with Crippen LogP contribution in [0.5, 0.6) is 11.5 Å². The number of pyridine rings is 1. The highest BCUT2D eigenvalue weighted by molar-refractivity contribution is 7.26. The molecule has 13 rings (SSSR count). The van der Waals surface area contributed by atoms with Crippen LogP contribution in [0.2, 0.25) is 0 Å². The number of rotatable bonds is 8. The second kappa shape index (κ2) is 17.1. The smallest absolute Gasteiger partial charge is 0.137 e. The Labute approximate surface area is 422 Å². The van der Waals surface area contributed by atoms with Crippen molar-refractivity contribution in [3.8, 4) is 50.7 Å². The van der Waals surface area contributed by atoms with Crippen LogP contribution < -0.4 is 14.5 Å². The summed E-state index contributed by atoms with van der Waals surface area (Å²) in [5.74, 6) is 2.00. The Balaban J connectivity index is 0.911. The lowest BCUT2D eigenvalue weighted by Gasteiger charge is -2.30. The number of ether oxygens (including phenoxy) is 1. The summed E-state index contributed by atoms with van der Waals surface area (Å²) in [5, 5.41) is 4.81. The summed E-state index contributed by atoms with van der Waals surface area (Å²) in [6, 6.07) is 71.9. The van der Waals surface area contributed by atoms with Crippen LogP contribution in [0, 0.1) is 12.7 Å². The Morgan fingerprint density at radius 1 is 0.542 bits per heavy atom. The molecule has 0 aliphatic carbocycles. The lowest BCUT2D eigenvalue weighted by atomic mass is 9.82. The fourth-order valence-corrected chi connectivity index (χ4v) is 11.9. The van der Waals surface area contributed by atoms with Crippen LogP contribution >= 0.6 is 11.3 Å². The standard InChI is InChI=1S/C65H49FN4OS/c1-41-34-61(67-39-55(41)44-26-28-46(66)29-27-44)70-58-33-32-51-50-22-11-14-25-60(50)72-64(51)62(58)52-31-30-49(38-59(52)70)71-48-21-15-20-47(37-48)68-40-69(57-24-13-12-23-56(57)68)63-53(42-16-7-5-8-17-42)35-45(65(2,3)4)36-54(63)43-18-9-6-10-19-43/h5-39H,40H2,1-4H3. The van der Waals surface area contributed by atoms with E-state index in [9.17, 15) is 4.39 Å². The number of fused-ring (bicyclic) bond motifs is 8. The van der Waals surface area contributed by atoms with E-state index in [1.807, 2.05) is 35.7 Å². The minimum Gasteiger partial charge on any atom is -0.457 e. The predicted molar refractivity (Wildman–Crippen MR) is 300 cm³/mol. The van der Waals surface area contributed by atoms with Crippen molar-refractivity contribution in [3.05, 3.63) is 229 Å². The maximum atomic E-state index is 13.9. The molecule has 0 fully saturated rings. The van der Waals surface area contributed by atoms with Gasteiger partial charge in [-0.3, -0.25) is 4.57 Å². The Hall–Kier alpha value is -8.52. The minimum atomic E-state index is -0.260. The average molecular weight is 953 g/mol. The van der Waals surface area contributed by atoms with Crippen molar-refractivity contribution in [2.45, 2.75) is 33.1 Å². The summed E-state index contributed by atoms with van der Waals surface area (Å²) in [6.07, 6.45) is 1.91. The van der Waals surface area contributed by atoms with Crippen molar-refractivity contribution in [3.63, 3.8) is 0 Å². The third-order valence-corrected chi connectivity index (χ3v) is 15.5. The second-order valence-electron chi connectivity index (χ2n) is 19.8. The molecule has 3 aromatic heterocycles. The van der Waals surface area contributed by atoms with Gasteiger partial charge >= 0.3 is 0 Å². The van der Waals surface area contributed by atoms with Gasteiger partial charge in [0.2, 0.25) is 0 Å². The van der Waals surface area contributed by atoms with Crippen LogP contribution in [0.4, 0.5) is 27.1 Å². The molecule has 0 N–H and O–H groups in total. The van der Waals surface area contributed by atoms with E-state index in [2.05, 4.69) is 218 Å². The van der Waals surface area contributed by atoms with Gasteiger partial charge in [-0.25, -0.2) is 9.37 Å². The molecular weight excluding hydrogens is 904 g/mol. The number of aryl methyl sites for hydroxylation is 1. The van der Waals surface area contributed by atoms with Gasteiger partial charge in [0.25, 0.3) is 0 Å². The molecule has 5 nitrogen and oxygen atoms in total. The Morgan fingerprint density at radius 3 is 1.89 bits per heavy atom.